The zero-order valence-corrected chi connectivity index (χ0v) is 17.1. The van der Waals surface area contributed by atoms with Gasteiger partial charge in [-0.05, 0) is 53.8 Å². The lowest BCUT2D eigenvalue weighted by Gasteiger charge is -2.28. The first-order chi connectivity index (χ1) is 15.4. The Bertz CT molecular complexity index is 1320. The van der Waals surface area contributed by atoms with Crippen molar-refractivity contribution in [2.24, 2.45) is 0 Å². The first kappa shape index (κ1) is 20.4. The van der Waals surface area contributed by atoms with Gasteiger partial charge in [-0.3, -0.25) is 9.78 Å². The number of aromatic amines is 1. The summed E-state index contributed by atoms with van der Waals surface area (Å²) in [5.74, 6) is -2.70. The number of hydrogen-bond donors (Lipinski definition) is 1. The molecule has 0 amide bonds. The molecule has 0 aliphatic heterocycles. The largest absolute Gasteiger partial charge is 0.310 e. The second-order valence-electron chi connectivity index (χ2n) is 8.14. The number of fused-ring (bicyclic) bond motifs is 1. The third-order valence-electron chi connectivity index (χ3n) is 5.96. The SMILES string of the molecule is O=c1[nH]c(Cc2cc(F)ccc2-c2ccncc2)nc2c1cnn2C1CCC(F)(F)CC1. The van der Waals surface area contributed by atoms with Gasteiger partial charge in [-0.2, -0.15) is 5.10 Å². The van der Waals surface area contributed by atoms with Crippen molar-refractivity contribution in [2.45, 2.75) is 44.1 Å². The summed E-state index contributed by atoms with van der Waals surface area (Å²) in [6.07, 6.45) is 5.02. The number of nitrogens with zero attached hydrogens (tertiary/aromatic N) is 4. The van der Waals surface area contributed by atoms with Crippen molar-refractivity contribution in [1.82, 2.24) is 24.7 Å². The molecule has 1 fully saturated rings. The van der Waals surface area contributed by atoms with E-state index in [0.717, 1.165) is 11.1 Å². The van der Waals surface area contributed by atoms with Crippen LogP contribution in [0.2, 0.25) is 0 Å². The summed E-state index contributed by atoms with van der Waals surface area (Å²) < 4.78 is 42.8. The van der Waals surface area contributed by atoms with E-state index in [0.29, 0.717) is 22.4 Å². The Hall–Kier alpha value is -3.49. The first-order valence-corrected chi connectivity index (χ1v) is 10.4. The normalized spacial score (nSPS) is 16.5. The summed E-state index contributed by atoms with van der Waals surface area (Å²) in [6.45, 7) is 0. The van der Waals surface area contributed by atoms with E-state index < -0.39 is 11.7 Å². The number of benzene rings is 1. The van der Waals surface area contributed by atoms with Gasteiger partial charge in [0, 0.05) is 31.7 Å². The minimum Gasteiger partial charge on any atom is -0.310 e. The molecule has 0 radical (unpaired) electrons. The number of H-pyrrole nitrogens is 1. The summed E-state index contributed by atoms with van der Waals surface area (Å²) >= 11 is 0. The van der Waals surface area contributed by atoms with Crippen LogP contribution in [-0.4, -0.2) is 30.7 Å². The maximum absolute atomic E-state index is 14.0. The molecule has 164 valence electrons. The van der Waals surface area contributed by atoms with Gasteiger partial charge in [0.25, 0.3) is 5.56 Å². The smallest absolute Gasteiger partial charge is 0.262 e. The summed E-state index contributed by atoms with van der Waals surface area (Å²) in [5, 5.41) is 4.58. The monoisotopic (exact) mass is 439 g/mol. The zero-order valence-electron chi connectivity index (χ0n) is 17.1. The van der Waals surface area contributed by atoms with Crippen LogP contribution in [0.4, 0.5) is 13.2 Å². The third-order valence-corrected chi connectivity index (χ3v) is 5.96. The molecule has 1 aromatic carbocycles. The van der Waals surface area contributed by atoms with Crippen molar-refractivity contribution in [3.63, 3.8) is 0 Å². The van der Waals surface area contributed by atoms with Crippen LogP contribution in [0.15, 0.2) is 53.7 Å². The fraction of sp³-hybridized carbons (Fsp3) is 0.304. The number of nitrogens with one attached hydrogen (secondary N) is 1. The fourth-order valence-corrected chi connectivity index (χ4v) is 4.30. The van der Waals surface area contributed by atoms with Crippen LogP contribution >= 0.6 is 0 Å². The number of hydrogen-bond acceptors (Lipinski definition) is 4. The minimum absolute atomic E-state index is 0.189. The average molecular weight is 439 g/mol. The van der Waals surface area contributed by atoms with Crippen molar-refractivity contribution in [1.29, 1.82) is 0 Å². The molecule has 5 rings (SSSR count). The molecule has 3 aromatic heterocycles. The standard InChI is InChI=1S/C23H20F3N5O/c24-16-1-2-18(14-5-9-27-10-6-14)15(11-16)12-20-29-21-19(22(32)30-20)13-28-31(21)17-3-7-23(25,26)8-4-17/h1-2,5-6,9-11,13,17H,3-4,7-8,12H2,(H,29,30,32). The van der Waals surface area contributed by atoms with Crippen molar-refractivity contribution >= 4 is 11.0 Å². The van der Waals surface area contributed by atoms with E-state index in [1.54, 1.807) is 23.1 Å². The van der Waals surface area contributed by atoms with Crippen molar-refractivity contribution in [3.05, 3.63) is 76.5 Å². The Kier molecular flexibility index (Phi) is 5.03. The van der Waals surface area contributed by atoms with Crippen LogP contribution in [0.1, 0.15) is 43.1 Å². The fourth-order valence-electron chi connectivity index (χ4n) is 4.30. The zero-order chi connectivity index (χ0) is 22.3. The molecular formula is C23H20F3N5O. The van der Waals surface area contributed by atoms with Crippen LogP contribution in [0.3, 0.4) is 0 Å². The van der Waals surface area contributed by atoms with Gasteiger partial charge in [-0.1, -0.05) is 6.07 Å². The van der Waals surface area contributed by atoms with Gasteiger partial charge in [0.2, 0.25) is 5.92 Å². The molecule has 0 bridgehead atoms. The predicted octanol–water partition coefficient (Wildman–Crippen LogP) is 4.66. The van der Waals surface area contributed by atoms with Crippen molar-refractivity contribution in [3.8, 4) is 11.1 Å². The van der Waals surface area contributed by atoms with Gasteiger partial charge in [0.15, 0.2) is 5.65 Å². The van der Waals surface area contributed by atoms with Gasteiger partial charge in [-0.25, -0.2) is 22.8 Å². The molecule has 6 nitrogen and oxygen atoms in total. The quantitative estimate of drug-likeness (QED) is 0.502. The lowest BCUT2D eigenvalue weighted by molar-refractivity contribution is -0.0446. The Morgan fingerprint density at radius 1 is 1.12 bits per heavy atom. The predicted molar refractivity (Wildman–Crippen MR) is 113 cm³/mol. The summed E-state index contributed by atoms with van der Waals surface area (Å²) in [7, 11) is 0. The highest BCUT2D eigenvalue weighted by atomic mass is 19.3. The average Bonchev–Trinajstić information content (AvgIpc) is 3.19. The molecule has 1 saturated carbocycles. The van der Waals surface area contributed by atoms with E-state index in [1.807, 2.05) is 12.1 Å². The molecule has 0 spiro atoms. The number of rotatable bonds is 4. The van der Waals surface area contributed by atoms with Gasteiger partial charge >= 0.3 is 0 Å². The van der Waals surface area contributed by atoms with E-state index in [2.05, 4.69) is 20.1 Å². The summed E-state index contributed by atoms with van der Waals surface area (Å²) in [6, 6.07) is 7.89. The molecule has 4 aromatic rings. The van der Waals surface area contributed by atoms with E-state index in [4.69, 9.17) is 0 Å². The van der Waals surface area contributed by atoms with E-state index in [-0.39, 0.29) is 43.7 Å². The van der Waals surface area contributed by atoms with Crippen molar-refractivity contribution < 1.29 is 13.2 Å². The Morgan fingerprint density at radius 3 is 2.62 bits per heavy atom. The lowest BCUT2D eigenvalue weighted by Crippen LogP contribution is -2.27. The lowest BCUT2D eigenvalue weighted by atomic mass is 9.92. The molecule has 1 N–H and O–H groups in total. The van der Waals surface area contributed by atoms with E-state index in [1.165, 1.54) is 18.3 Å². The van der Waals surface area contributed by atoms with Crippen LogP contribution < -0.4 is 5.56 Å². The third kappa shape index (κ3) is 3.90. The van der Waals surface area contributed by atoms with Crippen LogP contribution in [0.25, 0.3) is 22.2 Å². The van der Waals surface area contributed by atoms with Crippen LogP contribution in [0.5, 0.6) is 0 Å². The minimum atomic E-state index is -2.66. The highest BCUT2D eigenvalue weighted by Gasteiger charge is 2.36. The molecule has 3 heterocycles. The highest BCUT2D eigenvalue weighted by molar-refractivity contribution is 5.73. The van der Waals surface area contributed by atoms with E-state index in [9.17, 15) is 18.0 Å². The molecule has 32 heavy (non-hydrogen) atoms. The highest BCUT2D eigenvalue weighted by Crippen LogP contribution is 2.38. The Balaban J connectivity index is 1.53. The summed E-state index contributed by atoms with van der Waals surface area (Å²) in [4.78, 5) is 24.0. The molecule has 1 aliphatic carbocycles. The van der Waals surface area contributed by atoms with Gasteiger partial charge in [0.1, 0.15) is 17.0 Å². The van der Waals surface area contributed by atoms with E-state index >= 15 is 0 Å². The van der Waals surface area contributed by atoms with Gasteiger partial charge in [-0.15, -0.1) is 0 Å². The number of halogens is 3. The number of alkyl halides is 2. The molecule has 9 heteroatoms. The molecule has 0 saturated heterocycles. The van der Waals surface area contributed by atoms with Crippen molar-refractivity contribution in [2.75, 3.05) is 0 Å². The van der Waals surface area contributed by atoms with Gasteiger partial charge in [0.05, 0.1) is 12.2 Å². The van der Waals surface area contributed by atoms with Gasteiger partial charge < -0.3 is 4.98 Å². The number of pyridine rings is 1. The topological polar surface area (TPSA) is 76.5 Å². The molecule has 0 atom stereocenters. The second kappa shape index (κ2) is 7.89. The Morgan fingerprint density at radius 2 is 1.88 bits per heavy atom. The number of aromatic nitrogens is 5. The van der Waals surface area contributed by atoms with Crippen LogP contribution in [-0.2, 0) is 6.42 Å². The molecular weight excluding hydrogens is 419 g/mol. The van der Waals surface area contributed by atoms with Crippen LogP contribution in [0, 0.1) is 5.82 Å². The summed E-state index contributed by atoms with van der Waals surface area (Å²) in [5.41, 5.74) is 2.33. The first-order valence-electron chi connectivity index (χ1n) is 10.4. The Labute approximate surface area is 181 Å². The second-order valence-corrected chi connectivity index (χ2v) is 8.14. The molecule has 1 aliphatic rings. The molecule has 0 unspecified atom stereocenters. The maximum Gasteiger partial charge on any atom is 0.262 e. The maximum atomic E-state index is 14.0.